The van der Waals surface area contributed by atoms with Crippen molar-refractivity contribution in [1.29, 1.82) is 0 Å². The average Bonchev–Trinajstić information content (AvgIpc) is 2.36. The molecule has 1 N–H and O–H groups in total. The lowest BCUT2D eigenvalue weighted by Gasteiger charge is -2.18. The maximum absolute atomic E-state index is 5.85. The van der Waals surface area contributed by atoms with Crippen molar-refractivity contribution in [3.05, 3.63) is 29.8 Å². The minimum absolute atomic E-state index is 0.277. The summed E-state index contributed by atoms with van der Waals surface area (Å²) < 4.78 is 5.85. The first-order valence-electron chi connectivity index (χ1n) is 7.03. The van der Waals surface area contributed by atoms with Crippen molar-refractivity contribution in [3.8, 4) is 5.75 Å². The van der Waals surface area contributed by atoms with Gasteiger partial charge in [-0.25, -0.2) is 0 Å². The Labute approximate surface area is 112 Å². The number of ether oxygens (including phenoxy) is 1. The van der Waals surface area contributed by atoms with Crippen LogP contribution in [0.1, 0.15) is 52.6 Å². The molecule has 0 fully saturated rings. The van der Waals surface area contributed by atoms with Crippen LogP contribution < -0.4 is 10.1 Å². The molecule has 0 saturated heterocycles. The minimum atomic E-state index is 0.277. The summed E-state index contributed by atoms with van der Waals surface area (Å²) in [4.78, 5) is 0. The number of benzene rings is 1. The van der Waals surface area contributed by atoms with Crippen LogP contribution >= 0.6 is 0 Å². The highest BCUT2D eigenvalue weighted by Crippen LogP contribution is 2.20. The third-order valence-electron chi connectivity index (χ3n) is 3.10. The summed E-state index contributed by atoms with van der Waals surface area (Å²) in [5, 5.41) is 3.54. The van der Waals surface area contributed by atoms with Crippen molar-refractivity contribution >= 4 is 0 Å². The molecule has 1 aromatic rings. The summed E-state index contributed by atoms with van der Waals surface area (Å²) >= 11 is 0. The molecular weight excluding hydrogens is 222 g/mol. The monoisotopic (exact) mass is 249 g/mol. The van der Waals surface area contributed by atoms with Crippen LogP contribution in [0.2, 0.25) is 0 Å². The molecule has 0 radical (unpaired) electrons. The Balaban J connectivity index is 2.63. The number of hydrogen-bond donors (Lipinski definition) is 1. The molecule has 0 amide bonds. The van der Waals surface area contributed by atoms with Crippen LogP contribution in [0.3, 0.4) is 0 Å². The van der Waals surface area contributed by atoms with Crippen LogP contribution in [-0.4, -0.2) is 12.6 Å². The number of rotatable bonds is 7. The zero-order chi connectivity index (χ0) is 13.5. The molecule has 0 heterocycles. The molecule has 1 aromatic carbocycles. The molecule has 1 rings (SSSR count). The summed E-state index contributed by atoms with van der Waals surface area (Å²) in [6.45, 7) is 11.9. The van der Waals surface area contributed by atoms with Gasteiger partial charge in [-0.2, -0.15) is 0 Å². The second kappa shape index (κ2) is 7.42. The Morgan fingerprint density at radius 3 is 2.50 bits per heavy atom. The highest BCUT2D eigenvalue weighted by molar-refractivity contribution is 5.30. The lowest BCUT2D eigenvalue weighted by Crippen LogP contribution is -2.23. The van der Waals surface area contributed by atoms with E-state index in [1.54, 1.807) is 0 Å². The van der Waals surface area contributed by atoms with Gasteiger partial charge in [0.15, 0.2) is 0 Å². The van der Waals surface area contributed by atoms with E-state index in [0.717, 1.165) is 18.7 Å². The highest BCUT2D eigenvalue weighted by Gasteiger charge is 2.07. The molecule has 0 aliphatic rings. The van der Waals surface area contributed by atoms with Crippen molar-refractivity contribution < 1.29 is 4.74 Å². The third kappa shape index (κ3) is 5.09. The quantitative estimate of drug-likeness (QED) is 0.783. The standard InChI is InChI=1S/C16H27NO/c1-6-13(4)18-16-9-7-8-15(10-16)14(5)17-11-12(2)3/h7-10,12-14,17H,6,11H2,1-5H3/t13-,14-/m1/s1. The van der Waals surface area contributed by atoms with Crippen molar-refractivity contribution in [1.82, 2.24) is 5.32 Å². The van der Waals surface area contributed by atoms with Gasteiger partial charge in [0.25, 0.3) is 0 Å². The van der Waals surface area contributed by atoms with Gasteiger partial charge in [-0.1, -0.05) is 32.9 Å². The van der Waals surface area contributed by atoms with Gasteiger partial charge < -0.3 is 10.1 Å². The van der Waals surface area contributed by atoms with E-state index in [4.69, 9.17) is 4.74 Å². The van der Waals surface area contributed by atoms with Crippen molar-refractivity contribution in [2.45, 2.75) is 53.2 Å². The Bertz CT molecular complexity index is 349. The van der Waals surface area contributed by atoms with Crippen LogP contribution in [-0.2, 0) is 0 Å². The topological polar surface area (TPSA) is 21.3 Å². The number of hydrogen-bond acceptors (Lipinski definition) is 2. The first-order chi connectivity index (χ1) is 8.52. The maximum Gasteiger partial charge on any atom is 0.120 e. The van der Waals surface area contributed by atoms with E-state index >= 15 is 0 Å². The molecule has 0 aliphatic carbocycles. The Morgan fingerprint density at radius 2 is 1.89 bits per heavy atom. The van der Waals surface area contributed by atoms with E-state index in [-0.39, 0.29) is 6.10 Å². The molecule has 0 bridgehead atoms. The molecule has 0 aromatic heterocycles. The van der Waals surface area contributed by atoms with Crippen LogP contribution in [0.15, 0.2) is 24.3 Å². The molecule has 0 spiro atoms. The fourth-order valence-corrected chi connectivity index (χ4v) is 1.70. The predicted molar refractivity (Wildman–Crippen MR) is 78.1 cm³/mol. The van der Waals surface area contributed by atoms with Gasteiger partial charge in [-0.3, -0.25) is 0 Å². The second-order valence-electron chi connectivity index (χ2n) is 5.43. The van der Waals surface area contributed by atoms with Crippen molar-refractivity contribution in [3.63, 3.8) is 0 Å². The van der Waals surface area contributed by atoms with Crippen LogP contribution in [0.5, 0.6) is 5.75 Å². The lowest BCUT2D eigenvalue weighted by atomic mass is 10.1. The minimum Gasteiger partial charge on any atom is -0.491 e. The summed E-state index contributed by atoms with van der Waals surface area (Å²) in [6.07, 6.45) is 1.31. The van der Waals surface area contributed by atoms with Gasteiger partial charge in [-0.15, -0.1) is 0 Å². The predicted octanol–water partition coefficient (Wildman–Crippen LogP) is 4.17. The lowest BCUT2D eigenvalue weighted by molar-refractivity contribution is 0.217. The first kappa shape index (κ1) is 15.0. The highest BCUT2D eigenvalue weighted by atomic mass is 16.5. The van der Waals surface area contributed by atoms with Crippen molar-refractivity contribution in [2.24, 2.45) is 5.92 Å². The van der Waals surface area contributed by atoms with E-state index in [9.17, 15) is 0 Å². The molecule has 2 atom stereocenters. The fourth-order valence-electron chi connectivity index (χ4n) is 1.70. The molecule has 2 heteroatoms. The Hall–Kier alpha value is -1.02. The number of nitrogens with one attached hydrogen (secondary N) is 1. The van der Waals surface area contributed by atoms with Crippen LogP contribution in [0.4, 0.5) is 0 Å². The van der Waals surface area contributed by atoms with E-state index in [0.29, 0.717) is 12.0 Å². The summed E-state index contributed by atoms with van der Waals surface area (Å²) in [5.74, 6) is 1.65. The average molecular weight is 249 g/mol. The first-order valence-corrected chi connectivity index (χ1v) is 7.03. The SMILES string of the molecule is CC[C@@H](C)Oc1cccc([C@@H](C)NCC(C)C)c1. The Kier molecular flexibility index (Phi) is 6.20. The van der Waals surface area contributed by atoms with Gasteiger partial charge in [0.2, 0.25) is 0 Å². The fraction of sp³-hybridized carbons (Fsp3) is 0.625. The van der Waals surface area contributed by atoms with Gasteiger partial charge in [0, 0.05) is 6.04 Å². The molecule has 0 aliphatic heterocycles. The van der Waals surface area contributed by atoms with E-state index < -0.39 is 0 Å². The van der Waals surface area contributed by atoms with Gasteiger partial charge in [-0.05, 0) is 50.4 Å². The van der Waals surface area contributed by atoms with Crippen LogP contribution in [0, 0.1) is 5.92 Å². The summed E-state index contributed by atoms with van der Waals surface area (Å²) in [6, 6.07) is 8.77. The Morgan fingerprint density at radius 1 is 1.17 bits per heavy atom. The normalized spacial score (nSPS) is 14.6. The smallest absolute Gasteiger partial charge is 0.120 e. The summed E-state index contributed by atoms with van der Waals surface area (Å²) in [7, 11) is 0. The molecule has 0 unspecified atom stereocenters. The molecule has 0 saturated carbocycles. The van der Waals surface area contributed by atoms with Gasteiger partial charge >= 0.3 is 0 Å². The summed E-state index contributed by atoms with van der Waals surface area (Å²) in [5.41, 5.74) is 1.29. The molecule has 2 nitrogen and oxygen atoms in total. The zero-order valence-electron chi connectivity index (χ0n) is 12.4. The molecule has 18 heavy (non-hydrogen) atoms. The van der Waals surface area contributed by atoms with Gasteiger partial charge in [0.05, 0.1) is 6.10 Å². The van der Waals surface area contributed by atoms with Gasteiger partial charge in [0.1, 0.15) is 5.75 Å². The molecule has 102 valence electrons. The third-order valence-corrected chi connectivity index (χ3v) is 3.10. The maximum atomic E-state index is 5.85. The van der Waals surface area contributed by atoms with Crippen LogP contribution in [0.25, 0.3) is 0 Å². The second-order valence-corrected chi connectivity index (χ2v) is 5.43. The largest absolute Gasteiger partial charge is 0.491 e. The van der Waals surface area contributed by atoms with E-state index in [1.165, 1.54) is 5.56 Å². The molecular formula is C16H27NO. The van der Waals surface area contributed by atoms with Crippen molar-refractivity contribution in [2.75, 3.05) is 6.54 Å². The zero-order valence-corrected chi connectivity index (χ0v) is 12.4. The van der Waals surface area contributed by atoms with E-state index in [1.807, 2.05) is 6.07 Å². The van der Waals surface area contributed by atoms with E-state index in [2.05, 4.69) is 58.1 Å².